The molecule has 45 heavy (non-hydrogen) atoms. The summed E-state index contributed by atoms with van der Waals surface area (Å²) in [6, 6.07) is -1.99. The first kappa shape index (κ1) is 42.0. The number of hydrogen-bond acceptors (Lipinski definition) is 6. The smallest absolute Gasteiger partial charge is 0.326 e. The number of aliphatic carboxylic acids is 1. The molecule has 0 saturated carbocycles. The average Bonchev–Trinajstić information content (AvgIpc) is 2.99. The van der Waals surface area contributed by atoms with E-state index in [1.165, 1.54) is 64.7 Å². The van der Waals surface area contributed by atoms with Gasteiger partial charge in [0, 0.05) is 32.4 Å². The number of rotatable bonds is 29. The summed E-state index contributed by atoms with van der Waals surface area (Å²) in [5.41, 5.74) is 0. The van der Waals surface area contributed by atoms with Crippen molar-refractivity contribution in [1.82, 2.24) is 21.3 Å². The summed E-state index contributed by atoms with van der Waals surface area (Å²) in [5, 5.41) is 19.6. The summed E-state index contributed by atoms with van der Waals surface area (Å²) < 4.78 is 5.43. The summed E-state index contributed by atoms with van der Waals surface area (Å²) in [5.74, 6) is -2.86. The van der Waals surface area contributed by atoms with E-state index < -0.39 is 29.9 Å². The molecule has 0 aliphatic heterocycles. The van der Waals surface area contributed by atoms with Crippen molar-refractivity contribution < 1.29 is 33.8 Å². The number of carboxylic acid groups (broad SMARTS) is 1. The Hall–Kier alpha value is -2.95. The molecule has 0 bridgehead atoms. The Balaban J connectivity index is 3.65. The van der Waals surface area contributed by atoms with Gasteiger partial charge in [-0.2, -0.15) is 0 Å². The maximum atomic E-state index is 12.2. The molecule has 0 unspecified atom stereocenters. The van der Waals surface area contributed by atoms with Gasteiger partial charge in [-0.15, -0.1) is 0 Å². The van der Waals surface area contributed by atoms with Gasteiger partial charge in [0.25, 0.3) is 0 Å². The summed E-state index contributed by atoms with van der Waals surface area (Å²) in [6.07, 6.45) is 20.9. The fourth-order valence-electron chi connectivity index (χ4n) is 4.56. The standard InChI is InChI=1S/C34H62N4O7/c1-5-6-7-8-9-10-11-12-13-14-15-16-17-18-19-20-29(39)35-23-25-45-26-24-36-30(40)21-22-31(41)37-28(4)33(42)38-32(27(2)3)34(43)44/h12-13,27-28,32H,5-11,14-26H2,1-4H3,(H,35,39)(H,36,40)(H,37,41)(H,38,42)(H,43,44)/b13-12-/t28-,32-/m0/s1. The molecule has 0 rings (SSSR count). The predicted molar refractivity (Wildman–Crippen MR) is 178 cm³/mol. The zero-order valence-electron chi connectivity index (χ0n) is 28.4. The van der Waals surface area contributed by atoms with Gasteiger partial charge in [0.2, 0.25) is 23.6 Å². The summed E-state index contributed by atoms with van der Waals surface area (Å²) in [7, 11) is 0. The fraction of sp³-hybridized carbons (Fsp3) is 0.794. The van der Waals surface area contributed by atoms with Gasteiger partial charge in [-0.05, 0) is 44.9 Å². The Morgan fingerprint density at radius 3 is 1.67 bits per heavy atom. The molecule has 0 aromatic carbocycles. The molecule has 0 aliphatic carbocycles. The van der Waals surface area contributed by atoms with E-state index in [0.717, 1.165) is 25.7 Å². The van der Waals surface area contributed by atoms with Crippen molar-refractivity contribution in [3.63, 3.8) is 0 Å². The van der Waals surface area contributed by atoms with Gasteiger partial charge in [0.1, 0.15) is 12.1 Å². The van der Waals surface area contributed by atoms with Gasteiger partial charge in [0.05, 0.1) is 13.2 Å². The molecular weight excluding hydrogens is 576 g/mol. The molecular formula is C34H62N4O7. The van der Waals surface area contributed by atoms with Gasteiger partial charge in [-0.25, -0.2) is 4.79 Å². The van der Waals surface area contributed by atoms with Crippen LogP contribution < -0.4 is 21.3 Å². The Bertz CT molecular complexity index is 863. The second-order valence-electron chi connectivity index (χ2n) is 12.0. The zero-order chi connectivity index (χ0) is 33.7. The van der Waals surface area contributed by atoms with Crippen LogP contribution in [0.15, 0.2) is 12.2 Å². The second kappa shape index (κ2) is 28.5. The van der Waals surface area contributed by atoms with E-state index in [1.54, 1.807) is 13.8 Å². The van der Waals surface area contributed by atoms with E-state index in [9.17, 15) is 29.1 Å². The topological polar surface area (TPSA) is 163 Å². The molecule has 0 spiro atoms. The molecule has 2 atom stereocenters. The van der Waals surface area contributed by atoms with E-state index in [0.29, 0.717) is 19.6 Å². The number of carboxylic acids is 1. The third-order valence-corrected chi connectivity index (χ3v) is 7.38. The van der Waals surface area contributed by atoms with Crippen LogP contribution >= 0.6 is 0 Å². The van der Waals surface area contributed by atoms with Crippen molar-refractivity contribution >= 4 is 29.6 Å². The van der Waals surface area contributed by atoms with Crippen molar-refractivity contribution in [1.29, 1.82) is 0 Å². The van der Waals surface area contributed by atoms with E-state index in [4.69, 9.17) is 4.74 Å². The molecule has 0 saturated heterocycles. The highest BCUT2D eigenvalue weighted by atomic mass is 16.5. The number of carbonyl (C=O) groups excluding carboxylic acids is 4. The Kier molecular flexibility index (Phi) is 26.6. The second-order valence-corrected chi connectivity index (χ2v) is 12.0. The number of nitrogens with one attached hydrogen (secondary N) is 4. The van der Waals surface area contributed by atoms with Gasteiger partial charge in [0.15, 0.2) is 0 Å². The van der Waals surface area contributed by atoms with E-state index in [1.807, 2.05) is 0 Å². The molecule has 11 heteroatoms. The van der Waals surface area contributed by atoms with Crippen LogP contribution in [0.3, 0.4) is 0 Å². The Labute approximate surface area is 271 Å². The largest absolute Gasteiger partial charge is 0.480 e. The van der Waals surface area contributed by atoms with Crippen molar-refractivity contribution in [3.05, 3.63) is 12.2 Å². The SMILES string of the molecule is CCCCCCCC/C=C\CCCCCCCC(=O)NCCOCCNC(=O)CCC(=O)N[C@@H](C)C(=O)N[C@H](C(=O)O)C(C)C. The van der Waals surface area contributed by atoms with Gasteiger partial charge in [-0.3, -0.25) is 19.2 Å². The van der Waals surface area contributed by atoms with Crippen LogP contribution in [0.25, 0.3) is 0 Å². The highest BCUT2D eigenvalue weighted by molar-refractivity contribution is 5.91. The lowest BCUT2D eigenvalue weighted by Gasteiger charge is -2.21. The molecule has 0 aromatic heterocycles. The highest BCUT2D eigenvalue weighted by Gasteiger charge is 2.26. The molecule has 4 amide bonds. The lowest BCUT2D eigenvalue weighted by atomic mass is 10.0. The number of amides is 4. The monoisotopic (exact) mass is 638 g/mol. The maximum Gasteiger partial charge on any atom is 0.326 e. The molecule has 0 radical (unpaired) electrons. The summed E-state index contributed by atoms with van der Waals surface area (Å²) >= 11 is 0. The average molecular weight is 639 g/mol. The fourth-order valence-corrected chi connectivity index (χ4v) is 4.56. The third-order valence-electron chi connectivity index (χ3n) is 7.38. The number of unbranched alkanes of at least 4 members (excludes halogenated alkanes) is 11. The number of allylic oxidation sites excluding steroid dienone is 2. The van der Waals surface area contributed by atoms with Crippen LogP contribution in [0.2, 0.25) is 0 Å². The van der Waals surface area contributed by atoms with Crippen LogP contribution in [-0.2, 0) is 28.7 Å². The van der Waals surface area contributed by atoms with E-state index >= 15 is 0 Å². The number of ether oxygens (including phenoxy) is 1. The minimum Gasteiger partial charge on any atom is -0.480 e. The molecule has 260 valence electrons. The van der Waals surface area contributed by atoms with Gasteiger partial charge < -0.3 is 31.1 Å². The van der Waals surface area contributed by atoms with Crippen LogP contribution in [0.5, 0.6) is 0 Å². The van der Waals surface area contributed by atoms with Crippen molar-refractivity contribution in [2.24, 2.45) is 5.92 Å². The van der Waals surface area contributed by atoms with Crippen LogP contribution in [0.1, 0.15) is 130 Å². The van der Waals surface area contributed by atoms with Crippen LogP contribution in [0, 0.1) is 5.92 Å². The quantitative estimate of drug-likeness (QED) is 0.0581. The summed E-state index contributed by atoms with van der Waals surface area (Å²) in [4.78, 5) is 59.4. The molecule has 0 heterocycles. The Morgan fingerprint density at radius 1 is 0.644 bits per heavy atom. The first-order chi connectivity index (χ1) is 21.6. The van der Waals surface area contributed by atoms with Crippen LogP contribution in [0.4, 0.5) is 0 Å². The van der Waals surface area contributed by atoms with Gasteiger partial charge in [-0.1, -0.05) is 84.3 Å². The number of hydrogen-bond donors (Lipinski definition) is 5. The summed E-state index contributed by atoms with van der Waals surface area (Å²) in [6.45, 7) is 8.35. The lowest BCUT2D eigenvalue weighted by molar-refractivity contribution is -0.143. The zero-order valence-corrected chi connectivity index (χ0v) is 28.4. The minimum atomic E-state index is -1.15. The van der Waals surface area contributed by atoms with E-state index in [2.05, 4.69) is 40.3 Å². The van der Waals surface area contributed by atoms with Crippen molar-refractivity contribution in [3.8, 4) is 0 Å². The molecule has 0 aliphatic rings. The van der Waals surface area contributed by atoms with Crippen molar-refractivity contribution in [2.45, 2.75) is 143 Å². The first-order valence-electron chi connectivity index (χ1n) is 17.2. The lowest BCUT2D eigenvalue weighted by Crippen LogP contribution is -2.52. The predicted octanol–water partition coefficient (Wildman–Crippen LogP) is 4.78. The first-order valence-corrected chi connectivity index (χ1v) is 17.2. The highest BCUT2D eigenvalue weighted by Crippen LogP contribution is 2.10. The molecule has 11 nitrogen and oxygen atoms in total. The van der Waals surface area contributed by atoms with Crippen LogP contribution in [-0.4, -0.2) is 73.1 Å². The molecule has 0 fully saturated rings. The minimum absolute atomic E-state index is 0.0243. The Morgan fingerprint density at radius 2 is 1.13 bits per heavy atom. The normalized spacial score (nSPS) is 12.6. The molecule has 5 N–H and O–H groups in total. The number of carbonyl (C=O) groups is 5. The van der Waals surface area contributed by atoms with Crippen molar-refractivity contribution in [2.75, 3.05) is 26.3 Å². The van der Waals surface area contributed by atoms with Gasteiger partial charge >= 0.3 is 5.97 Å². The maximum absolute atomic E-state index is 12.2. The third kappa shape index (κ3) is 26.0. The van der Waals surface area contributed by atoms with E-state index in [-0.39, 0.29) is 43.7 Å². The molecule has 0 aromatic rings.